The van der Waals surface area contributed by atoms with Crippen LogP contribution in [-0.2, 0) is 11.3 Å². The van der Waals surface area contributed by atoms with Crippen LogP contribution in [0.25, 0.3) is 0 Å². The fourth-order valence-corrected chi connectivity index (χ4v) is 2.29. The van der Waals surface area contributed by atoms with Crippen LogP contribution >= 0.6 is 0 Å². The third kappa shape index (κ3) is 4.79. The molecule has 1 fully saturated rings. The van der Waals surface area contributed by atoms with Crippen LogP contribution in [0.5, 0.6) is 0 Å². The van der Waals surface area contributed by atoms with Gasteiger partial charge in [0.1, 0.15) is 0 Å². The number of carbonyl (C=O) groups is 1. The maximum atomic E-state index is 11.6. The molecule has 1 amide bonds. The Morgan fingerprint density at radius 2 is 2.00 bits per heavy atom. The summed E-state index contributed by atoms with van der Waals surface area (Å²) in [5, 5.41) is 2.81. The molecule has 1 aromatic rings. The van der Waals surface area contributed by atoms with E-state index in [0.717, 1.165) is 39.3 Å². The molecule has 1 aromatic heterocycles. The Bertz CT molecular complexity index is 409. The largest absolute Gasteiger partial charge is 0.352 e. The summed E-state index contributed by atoms with van der Waals surface area (Å²) in [5.41, 5.74) is 0. The van der Waals surface area contributed by atoms with Gasteiger partial charge in [0.25, 0.3) is 0 Å². The third-order valence-corrected chi connectivity index (χ3v) is 3.51. The fourth-order valence-electron chi connectivity index (χ4n) is 2.29. The van der Waals surface area contributed by atoms with Crippen molar-refractivity contribution >= 4 is 5.91 Å². The first-order chi connectivity index (χ1) is 9.78. The lowest BCUT2D eigenvalue weighted by atomic mass is 10.3. The molecule has 0 atom stereocenters. The van der Waals surface area contributed by atoms with Crippen LogP contribution in [0.1, 0.15) is 0 Å². The Hall–Kier alpha value is -1.66. The third-order valence-electron chi connectivity index (χ3n) is 3.51. The number of amides is 1. The number of carbonyl (C=O) groups excluding carboxylic acids is 1. The summed E-state index contributed by atoms with van der Waals surface area (Å²) in [4.78, 5) is 20.3. The summed E-state index contributed by atoms with van der Waals surface area (Å²) in [6.45, 7) is 10.6. The van der Waals surface area contributed by atoms with Gasteiger partial charge in [0.2, 0.25) is 5.91 Å². The van der Waals surface area contributed by atoms with Crippen molar-refractivity contribution in [1.82, 2.24) is 24.7 Å². The predicted molar refractivity (Wildman–Crippen MR) is 78.3 cm³/mol. The van der Waals surface area contributed by atoms with Crippen molar-refractivity contribution in [3.8, 4) is 0 Å². The minimum atomic E-state index is 0.0803. The van der Waals surface area contributed by atoms with Gasteiger partial charge >= 0.3 is 0 Å². The van der Waals surface area contributed by atoms with Crippen LogP contribution in [0, 0.1) is 0 Å². The highest BCUT2D eigenvalue weighted by Crippen LogP contribution is 2.01. The van der Waals surface area contributed by atoms with Crippen molar-refractivity contribution in [1.29, 1.82) is 0 Å². The van der Waals surface area contributed by atoms with E-state index in [1.807, 2.05) is 12.5 Å². The number of hydrogen-bond donors (Lipinski definition) is 1. The lowest BCUT2D eigenvalue weighted by Crippen LogP contribution is -2.50. The lowest BCUT2D eigenvalue weighted by molar-refractivity contribution is -0.122. The monoisotopic (exact) mass is 277 g/mol. The number of piperazine rings is 1. The highest BCUT2D eigenvalue weighted by molar-refractivity contribution is 5.78. The predicted octanol–water partition coefficient (Wildman–Crippen LogP) is -0.197. The van der Waals surface area contributed by atoms with Crippen LogP contribution in [0.4, 0.5) is 0 Å². The quantitative estimate of drug-likeness (QED) is 0.702. The average Bonchev–Trinajstić information content (AvgIpc) is 2.98. The Morgan fingerprint density at radius 1 is 1.25 bits per heavy atom. The van der Waals surface area contributed by atoms with Gasteiger partial charge in [-0.15, -0.1) is 6.58 Å². The van der Waals surface area contributed by atoms with Gasteiger partial charge in [-0.3, -0.25) is 14.6 Å². The molecule has 6 heteroatoms. The van der Waals surface area contributed by atoms with Gasteiger partial charge in [0.05, 0.1) is 12.9 Å². The second-order valence-corrected chi connectivity index (χ2v) is 5.01. The molecular formula is C14H23N5O. The summed E-state index contributed by atoms with van der Waals surface area (Å²) in [6, 6.07) is 0. The summed E-state index contributed by atoms with van der Waals surface area (Å²) in [6.07, 6.45) is 7.34. The number of hydrogen-bond acceptors (Lipinski definition) is 4. The Balaban J connectivity index is 1.62. The molecule has 0 unspecified atom stereocenters. The standard InChI is InChI=1S/C14H23N5O/c1-2-3-16-14(20)12-18-9-6-17(7-10-18)8-11-19-5-4-15-13-19/h2,4-5,13H,1,3,6-12H2,(H,16,20). The first-order valence-electron chi connectivity index (χ1n) is 7.06. The van der Waals surface area contributed by atoms with E-state index in [2.05, 4.69) is 31.2 Å². The van der Waals surface area contributed by atoms with E-state index < -0.39 is 0 Å². The summed E-state index contributed by atoms with van der Waals surface area (Å²) in [7, 11) is 0. The van der Waals surface area contributed by atoms with Gasteiger partial charge in [-0.25, -0.2) is 4.98 Å². The van der Waals surface area contributed by atoms with Crippen molar-refractivity contribution in [2.24, 2.45) is 0 Å². The number of nitrogens with zero attached hydrogens (tertiary/aromatic N) is 4. The first kappa shape index (κ1) is 14.7. The van der Waals surface area contributed by atoms with Crippen LogP contribution in [0.2, 0.25) is 0 Å². The molecule has 2 rings (SSSR count). The maximum absolute atomic E-state index is 11.6. The van der Waals surface area contributed by atoms with Crippen LogP contribution in [-0.4, -0.2) is 71.1 Å². The van der Waals surface area contributed by atoms with E-state index in [0.29, 0.717) is 13.1 Å². The van der Waals surface area contributed by atoms with Gasteiger partial charge in [-0.1, -0.05) is 6.08 Å². The van der Waals surface area contributed by atoms with E-state index >= 15 is 0 Å². The first-order valence-corrected chi connectivity index (χ1v) is 7.06. The van der Waals surface area contributed by atoms with Gasteiger partial charge in [-0.05, 0) is 0 Å². The van der Waals surface area contributed by atoms with E-state index in [4.69, 9.17) is 0 Å². The Labute approximate surface area is 120 Å². The zero-order chi connectivity index (χ0) is 14.2. The molecule has 1 saturated heterocycles. The minimum absolute atomic E-state index is 0.0803. The van der Waals surface area contributed by atoms with Crippen molar-refractivity contribution in [3.05, 3.63) is 31.4 Å². The van der Waals surface area contributed by atoms with Crippen molar-refractivity contribution in [2.75, 3.05) is 45.8 Å². The molecule has 2 heterocycles. The lowest BCUT2D eigenvalue weighted by Gasteiger charge is -2.34. The minimum Gasteiger partial charge on any atom is -0.352 e. The number of imidazole rings is 1. The molecule has 6 nitrogen and oxygen atoms in total. The Kier molecular flexibility index (Phi) is 5.76. The molecule has 0 bridgehead atoms. The van der Waals surface area contributed by atoms with E-state index in [1.54, 1.807) is 12.3 Å². The maximum Gasteiger partial charge on any atom is 0.234 e. The summed E-state index contributed by atoms with van der Waals surface area (Å²) >= 11 is 0. The fraction of sp³-hybridized carbons (Fsp3) is 0.571. The van der Waals surface area contributed by atoms with Gasteiger partial charge in [0.15, 0.2) is 0 Å². The molecule has 1 aliphatic rings. The molecule has 0 aliphatic carbocycles. The van der Waals surface area contributed by atoms with Crippen molar-refractivity contribution < 1.29 is 4.79 Å². The Morgan fingerprint density at radius 3 is 2.65 bits per heavy atom. The highest BCUT2D eigenvalue weighted by atomic mass is 16.2. The molecule has 1 N–H and O–H groups in total. The summed E-state index contributed by atoms with van der Waals surface area (Å²) in [5.74, 6) is 0.0803. The van der Waals surface area contributed by atoms with Crippen LogP contribution in [0.3, 0.4) is 0 Å². The van der Waals surface area contributed by atoms with E-state index in [1.165, 1.54) is 0 Å². The highest BCUT2D eigenvalue weighted by Gasteiger charge is 2.18. The molecule has 0 radical (unpaired) electrons. The van der Waals surface area contributed by atoms with Crippen LogP contribution in [0.15, 0.2) is 31.4 Å². The molecule has 1 aliphatic heterocycles. The average molecular weight is 277 g/mol. The zero-order valence-corrected chi connectivity index (χ0v) is 11.9. The van der Waals surface area contributed by atoms with Crippen molar-refractivity contribution in [2.45, 2.75) is 6.54 Å². The zero-order valence-electron chi connectivity index (χ0n) is 11.9. The van der Waals surface area contributed by atoms with E-state index in [-0.39, 0.29) is 5.91 Å². The topological polar surface area (TPSA) is 53.4 Å². The molecule has 0 aromatic carbocycles. The molecule has 20 heavy (non-hydrogen) atoms. The summed E-state index contributed by atoms with van der Waals surface area (Å²) < 4.78 is 2.09. The van der Waals surface area contributed by atoms with Crippen LogP contribution < -0.4 is 5.32 Å². The SMILES string of the molecule is C=CCNC(=O)CN1CCN(CCn2ccnc2)CC1. The van der Waals surface area contributed by atoms with Crippen molar-refractivity contribution in [3.63, 3.8) is 0 Å². The number of nitrogens with one attached hydrogen (secondary N) is 1. The van der Waals surface area contributed by atoms with E-state index in [9.17, 15) is 4.79 Å². The molecule has 0 saturated carbocycles. The molecular weight excluding hydrogens is 254 g/mol. The number of rotatable bonds is 7. The number of aromatic nitrogens is 2. The van der Waals surface area contributed by atoms with Gasteiger partial charge < -0.3 is 9.88 Å². The van der Waals surface area contributed by atoms with Gasteiger partial charge in [-0.2, -0.15) is 0 Å². The molecule has 110 valence electrons. The normalized spacial score (nSPS) is 17.0. The second-order valence-electron chi connectivity index (χ2n) is 5.01. The molecule has 0 spiro atoms. The smallest absolute Gasteiger partial charge is 0.234 e. The van der Waals surface area contributed by atoms with Gasteiger partial charge in [0, 0.05) is 58.2 Å². The second kappa shape index (κ2) is 7.81.